The summed E-state index contributed by atoms with van der Waals surface area (Å²) < 4.78 is 21.9. The number of amides is 1. The Labute approximate surface area is 182 Å². The molecule has 2 heterocycles. The fourth-order valence-electron chi connectivity index (χ4n) is 4.25. The molecule has 1 N–H and O–H groups in total. The van der Waals surface area contributed by atoms with Gasteiger partial charge < -0.3 is 19.5 Å². The van der Waals surface area contributed by atoms with E-state index in [1.165, 1.54) is 6.07 Å². The van der Waals surface area contributed by atoms with Gasteiger partial charge >= 0.3 is 0 Å². The van der Waals surface area contributed by atoms with Crippen LogP contribution in [0.5, 0.6) is 0 Å². The zero-order valence-corrected chi connectivity index (χ0v) is 18.2. The molecule has 31 heavy (non-hydrogen) atoms. The first-order valence-electron chi connectivity index (χ1n) is 10.6. The lowest BCUT2D eigenvalue weighted by Gasteiger charge is -2.29. The van der Waals surface area contributed by atoms with Gasteiger partial charge in [0.1, 0.15) is 11.5 Å². The number of benzene rings is 2. The van der Waals surface area contributed by atoms with Crippen LogP contribution in [0, 0.1) is 26.6 Å². The van der Waals surface area contributed by atoms with Gasteiger partial charge in [-0.3, -0.25) is 4.79 Å². The van der Waals surface area contributed by atoms with E-state index in [-0.39, 0.29) is 11.7 Å². The molecule has 5 nitrogen and oxygen atoms in total. The van der Waals surface area contributed by atoms with Crippen LogP contribution < -0.4 is 10.2 Å². The average Bonchev–Trinajstić information content (AvgIpc) is 3.01. The minimum atomic E-state index is -0.272. The summed E-state index contributed by atoms with van der Waals surface area (Å²) in [6, 6.07) is 14.4. The number of nitrogens with one attached hydrogen (secondary N) is 1. The van der Waals surface area contributed by atoms with E-state index in [2.05, 4.69) is 10.2 Å². The van der Waals surface area contributed by atoms with Crippen LogP contribution in [0.1, 0.15) is 32.9 Å². The molecule has 0 radical (unpaired) electrons. The van der Waals surface area contributed by atoms with Crippen LogP contribution >= 0.6 is 0 Å². The largest absolute Gasteiger partial charge is 0.378 e. The summed E-state index contributed by atoms with van der Waals surface area (Å²) in [5, 5.41) is 3.01. The van der Waals surface area contributed by atoms with Crippen LogP contribution in [-0.2, 0) is 11.3 Å². The van der Waals surface area contributed by atoms with Crippen LogP contribution in [-0.4, -0.2) is 36.8 Å². The molecule has 1 fully saturated rings. The third-order valence-corrected chi connectivity index (χ3v) is 5.87. The van der Waals surface area contributed by atoms with Gasteiger partial charge in [0.25, 0.3) is 5.91 Å². The first-order valence-corrected chi connectivity index (χ1v) is 10.6. The van der Waals surface area contributed by atoms with Gasteiger partial charge in [-0.25, -0.2) is 4.39 Å². The van der Waals surface area contributed by atoms with Gasteiger partial charge in [0.05, 0.1) is 25.4 Å². The molecule has 162 valence electrons. The lowest BCUT2D eigenvalue weighted by atomic mass is 10.1. The maximum absolute atomic E-state index is 14.4. The summed E-state index contributed by atoms with van der Waals surface area (Å²) in [4.78, 5) is 15.7. The fourth-order valence-corrected chi connectivity index (χ4v) is 4.25. The van der Waals surface area contributed by atoms with Crippen LogP contribution in [0.4, 0.5) is 15.8 Å². The van der Waals surface area contributed by atoms with Gasteiger partial charge in [-0.05, 0) is 39.0 Å². The molecule has 4 rings (SSSR count). The number of nitrogens with zero attached hydrogens (tertiary/aromatic N) is 2. The quantitative estimate of drug-likeness (QED) is 0.650. The van der Waals surface area contributed by atoms with Crippen molar-refractivity contribution in [2.24, 2.45) is 0 Å². The van der Waals surface area contributed by atoms with E-state index < -0.39 is 0 Å². The van der Waals surface area contributed by atoms with Crippen molar-refractivity contribution < 1.29 is 13.9 Å². The van der Waals surface area contributed by atoms with Crippen molar-refractivity contribution >= 4 is 17.3 Å². The predicted molar refractivity (Wildman–Crippen MR) is 122 cm³/mol. The molecule has 0 spiro atoms. The molecule has 0 atom stereocenters. The summed E-state index contributed by atoms with van der Waals surface area (Å²) >= 11 is 0. The van der Waals surface area contributed by atoms with E-state index >= 15 is 0 Å². The lowest BCUT2D eigenvalue weighted by molar-refractivity contribution is 0.101. The number of aromatic nitrogens is 1. The van der Waals surface area contributed by atoms with E-state index in [4.69, 9.17) is 4.74 Å². The lowest BCUT2D eigenvalue weighted by Crippen LogP contribution is -2.36. The van der Waals surface area contributed by atoms with E-state index in [1.54, 1.807) is 12.1 Å². The Morgan fingerprint density at radius 3 is 2.39 bits per heavy atom. The number of anilines is 2. The number of hydrogen-bond acceptors (Lipinski definition) is 3. The standard InChI is InChI=1S/C25H28FN3O2/c1-17-8-10-21(11-9-17)27-25(30)24-18(2)23(28-12-14-31-15-13-28)19(3)29(24)16-20-6-4-5-7-22(20)26/h4-11H,12-16H2,1-3H3,(H,27,30). The van der Waals surface area contributed by atoms with Crippen molar-refractivity contribution in [3.63, 3.8) is 0 Å². The van der Waals surface area contributed by atoms with Crippen molar-refractivity contribution in [1.82, 2.24) is 4.57 Å². The van der Waals surface area contributed by atoms with Gasteiger partial charge in [-0.1, -0.05) is 35.9 Å². The smallest absolute Gasteiger partial charge is 0.272 e. The summed E-state index contributed by atoms with van der Waals surface area (Å²) in [6.45, 7) is 9.12. The van der Waals surface area contributed by atoms with Crippen molar-refractivity contribution in [2.45, 2.75) is 27.3 Å². The maximum Gasteiger partial charge on any atom is 0.272 e. The van der Waals surface area contributed by atoms with E-state index in [9.17, 15) is 9.18 Å². The minimum Gasteiger partial charge on any atom is -0.378 e. The Kier molecular flexibility index (Phi) is 6.09. The Bertz CT molecular complexity index is 1080. The van der Waals surface area contributed by atoms with Crippen molar-refractivity contribution in [1.29, 1.82) is 0 Å². The van der Waals surface area contributed by atoms with E-state index in [1.807, 2.05) is 55.7 Å². The van der Waals surface area contributed by atoms with Crippen molar-refractivity contribution in [3.8, 4) is 0 Å². The van der Waals surface area contributed by atoms with Gasteiger partial charge in [-0.15, -0.1) is 0 Å². The number of hydrogen-bond donors (Lipinski definition) is 1. The third-order valence-electron chi connectivity index (χ3n) is 5.87. The number of aryl methyl sites for hydroxylation is 1. The number of carbonyl (C=O) groups is 1. The molecule has 1 aromatic heterocycles. The van der Waals surface area contributed by atoms with Gasteiger partial charge in [0.15, 0.2) is 0 Å². The molecule has 3 aromatic rings. The Balaban J connectivity index is 1.76. The van der Waals surface area contributed by atoms with Gasteiger partial charge in [0, 0.05) is 35.6 Å². The number of halogens is 1. The van der Waals surface area contributed by atoms with E-state index in [0.717, 1.165) is 41.3 Å². The van der Waals surface area contributed by atoms with Gasteiger partial charge in [0.2, 0.25) is 0 Å². The summed E-state index contributed by atoms with van der Waals surface area (Å²) in [5.74, 6) is -0.466. The summed E-state index contributed by atoms with van der Waals surface area (Å²) in [7, 11) is 0. The summed E-state index contributed by atoms with van der Waals surface area (Å²) in [5.41, 5.74) is 5.87. The predicted octanol–water partition coefficient (Wildman–Crippen LogP) is 4.69. The zero-order chi connectivity index (χ0) is 22.0. The first kappa shape index (κ1) is 21.1. The second-order valence-electron chi connectivity index (χ2n) is 8.00. The second-order valence-corrected chi connectivity index (χ2v) is 8.00. The molecule has 1 aliphatic rings. The van der Waals surface area contributed by atoms with Crippen molar-refractivity contribution in [2.75, 3.05) is 36.5 Å². The van der Waals surface area contributed by atoms with Crippen LogP contribution in [0.2, 0.25) is 0 Å². The Morgan fingerprint density at radius 2 is 1.71 bits per heavy atom. The highest BCUT2D eigenvalue weighted by molar-refractivity contribution is 6.05. The first-order chi connectivity index (χ1) is 15.0. The molecule has 0 bridgehead atoms. The van der Waals surface area contributed by atoms with Crippen molar-refractivity contribution in [3.05, 3.63) is 82.4 Å². The zero-order valence-electron chi connectivity index (χ0n) is 18.2. The molecule has 1 amide bonds. The molecule has 1 saturated heterocycles. The minimum absolute atomic E-state index is 0.194. The molecular formula is C25H28FN3O2. The Hall–Kier alpha value is -3.12. The van der Waals surface area contributed by atoms with E-state index in [0.29, 0.717) is 31.0 Å². The third kappa shape index (κ3) is 4.35. The van der Waals surface area contributed by atoms with Gasteiger partial charge in [-0.2, -0.15) is 0 Å². The monoisotopic (exact) mass is 421 g/mol. The number of morpholine rings is 1. The highest BCUT2D eigenvalue weighted by atomic mass is 19.1. The molecular weight excluding hydrogens is 393 g/mol. The average molecular weight is 422 g/mol. The Morgan fingerprint density at radius 1 is 1.03 bits per heavy atom. The molecule has 1 aliphatic heterocycles. The van der Waals surface area contributed by atoms with Crippen LogP contribution in [0.15, 0.2) is 48.5 Å². The number of ether oxygens (including phenoxy) is 1. The molecule has 0 saturated carbocycles. The molecule has 0 aliphatic carbocycles. The molecule has 6 heteroatoms. The maximum atomic E-state index is 14.4. The topological polar surface area (TPSA) is 46.5 Å². The molecule has 0 unspecified atom stereocenters. The fraction of sp³-hybridized carbons (Fsp3) is 0.320. The van der Waals surface area contributed by atoms with Crippen LogP contribution in [0.3, 0.4) is 0 Å². The van der Waals surface area contributed by atoms with Crippen LogP contribution in [0.25, 0.3) is 0 Å². The molecule has 2 aromatic carbocycles. The summed E-state index contributed by atoms with van der Waals surface area (Å²) in [6.07, 6.45) is 0. The number of carbonyl (C=O) groups excluding carboxylic acids is 1. The highest BCUT2D eigenvalue weighted by Gasteiger charge is 2.27. The second kappa shape index (κ2) is 8.94. The number of rotatable bonds is 5. The highest BCUT2D eigenvalue weighted by Crippen LogP contribution is 2.33. The normalized spacial score (nSPS) is 14.0. The SMILES string of the molecule is Cc1ccc(NC(=O)c2c(C)c(N3CCOCC3)c(C)n2Cc2ccccc2F)cc1.